The van der Waals surface area contributed by atoms with Crippen LogP contribution in [-0.2, 0) is 24.2 Å². The van der Waals surface area contributed by atoms with Gasteiger partial charge in [-0.05, 0) is 55.2 Å². The molecule has 0 spiro atoms. The smallest absolute Gasteiger partial charge is 0.326 e. The number of unbranched alkanes of at least 4 members (excludes halogenated alkanes) is 2. The number of ether oxygens (including phenoxy) is 1. The van der Waals surface area contributed by atoms with Gasteiger partial charge in [0.1, 0.15) is 17.8 Å². The topological polar surface area (TPSA) is 142 Å². The molecule has 0 saturated carbocycles. The van der Waals surface area contributed by atoms with E-state index in [0.29, 0.717) is 22.7 Å². The molecule has 4 rings (SSSR count). The van der Waals surface area contributed by atoms with Crippen molar-refractivity contribution in [2.24, 2.45) is 11.3 Å². The third-order valence-corrected chi connectivity index (χ3v) is 12.2. The van der Waals surface area contributed by atoms with Gasteiger partial charge in [-0.25, -0.2) is 13.2 Å². The molecule has 0 unspecified atom stereocenters. The van der Waals surface area contributed by atoms with Crippen molar-refractivity contribution in [3.63, 3.8) is 0 Å². The van der Waals surface area contributed by atoms with Crippen LogP contribution in [0.1, 0.15) is 84.2 Å². The SMILES string of the molecule is CCCCC1(CCCC)CN(c2ccccc2)c2cc(SC)c(OCC(=O)N[C@@H](C(=O)N[C@@H](CC(C)C)C(=O)O)c3ccccc3)cc2S(=O)(=O)C1. The van der Waals surface area contributed by atoms with Crippen LogP contribution in [0.5, 0.6) is 5.75 Å². The number of fused-ring (bicyclic) bond motifs is 1. The molecule has 0 aliphatic carbocycles. The third kappa shape index (κ3) is 10.5. The minimum absolute atomic E-state index is 0.0108. The van der Waals surface area contributed by atoms with Crippen molar-refractivity contribution in [1.82, 2.24) is 10.6 Å². The Balaban J connectivity index is 1.67. The first-order valence-corrected chi connectivity index (χ1v) is 21.0. The molecular weight excluding hydrogens is 699 g/mol. The number of benzene rings is 3. The van der Waals surface area contributed by atoms with E-state index in [4.69, 9.17) is 4.74 Å². The lowest BCUT2D eigenvalue weighted by molar-refractivity contribution is -0.142. The largest absolute Gasteiger partial charge is 0.483 e. The fourth-order valence-corrected chi connectivity index (χ4v) is 9.48. The summed E-state index contributed by atoms with van der Waals surface area (Å²) in [4.78, 5) is 41.7. The average Bonchev–Trinajstić information content (AvgIpc) is 3.22. The molecule has 52 heavy (non-hydrogen) atoms. The molecule has 3 N–H and O–H groups in total. The molecule has 10 nitrogen and oxygen atoms in total. The molecule has 2 atom stereocenters. The lowest BCUT2D eigenvalue weighted by atomic mass is 9.79. The zero-order valence-corrected chi connectivity index (χ0v) is 32.5. The number of para-hydroxylation sites is 1. The second-order valence-electron chi connectivity index (χ2n) is 14.1. The van der Waals surface area contributed by atoms with Gasteiger partial charge in [0, 0.05) is 23.7 Å². The average molecular weight is 752 g/mol. The quantitative estimate of drug-likeness (QED) is 0.112. The van der Waals surface area contributed by atoms with Crippen LogP contribution in [0.3, 0.4) is 0 Å². The molecule has 2 amide bonds. The van der Waals surface area contributed by atoms with Crippen molar-refractivity contribution in [3.05, 3.63) is 78.4 Å². The summed E-state index contributed by atoms with van der Waals surface area (Å²) in [6, 6.07) is 19.5. The molecule has 1 aliphatic rings. The second kappa shape index (κ2) is 18.6. The number of nitrogens with zero attached hydrogens (tertiary/aromatic N) is 1. The van der Waals surface area contributed by atoms with Crippen molar-refractivity contribution < 1.29 is 32.6 Å². The second-order valence-corrected chi connectivity index (χ2v) is 16.9. The predicted octanol–water partition coefficient (Wildman–Crippen LogP) is 7.55. The van der Waals surface area contributed by atoms with Crippen molar-refractivity contribution >= 4 is 50.8 Å². The number of rotatable bonds is 18. The maximum Gasteiger partial charge on any atom is 0.326 e. The predicted molar refractivity (Wildman–Crippen MR) is 207 cm³/mol. The molecule has 3 aromatic carbocycles. The van der Waals surface area contributed by atoms with Crippen molar-refractivity contribution in [3.8, 4) is 5.75 Å². The molecule has 0 saturated heterocycles. The van der Waals surface area contributed by atoms with E-state index in [0.717, 1.165) is 44.2 Å². The Morgan fingerprint density at radius 3 is 2.12 bits per heavy atom. The molecule has 1 aliphatic heterocycles. The number of carbonyl (C=O) groups excluding carboxylic acids is 2. The monoisotopic (exact) mass is 751 g/mol. The van der Waals surface area contributed by atoms with E-state index >= 15 is 0 Å². The lowest BCUT2D eigenvalue weighted by Gasteiger charge is -2.37. The van der Waals surface area contributed by atoms with Crippen molar-refractivity contribution in [1.29, 1.82) is 0 Å². The summed E-state index contributed by atoms with van der Waals surface area (Å²) in [5.41, 5.74) is 1.50. The molecule has 282 valence electrons. The van der Waals surface area contributed by atoms with Crippen LogP contribution in [0.4, 0.5) is 11.4 Å². The Morgan fingerprint density at radius 2 is 1.56 bits per heavy atom. The number of carbonyl (C=O) groups is 3. The van der Waals surface area contributed by atoms with Crippen LogP contribution in [0.2, 0.25) is 0 Å². The number of hydrogen-bond donors (Lipinski definition) is 3. The van der Waals surface area contributed by atoms with E-state index in [1.54, 1.807) is 36.4 Å². The summed E-state index contributed by atoms with van der Waals surface area (Å²) in [5, 5.41) is 15.0. The number of sulfone groups is 1. The summed E-state index contributed by atoms with van der Waals surface area (Å²) in [7, 11) is -3.80. The van der Waals surface area contributed by atoms with Gasteiger partial charge in [0.25, 0.3) is 5.91 Å². The van der Waals surface area contributed by atoms with Crippen LogP contribution in [0.15, 0.2) is 82.6 Å². The number of carboxylic acid groups (broad SMARTS) is 1. The fourth-order valence-electron chi connectivity index (χ4n) is 6.82. The molecule has 12 heteroatoms. The Hall–Kier alpha value is -4.03. The van der Waals surface area contributed by atoms with Gasteiger partial charge in [-0.2, -0.15) is 0 Å². The van der Waals surface area contributed by atoms with E-state index < -0.39 is 51.7 Å². The van der Waals surface area contributed by atoms with Crippen LogP contribution in [0.25, 0.3) is 0 Å². The number of amides is 2. The van der Waals surface area contributed by atoms with Gasteiger partial charge in [0.05, 0.1) is 21.2 Å². The van der Waals surface area contributed by atoms with E-state index in [2.05, 4.69) is 29.4 Å². The summed E-state index contributed by atoms with van der Waals surface area (Å²) in [5.74, 6) is -2.19. The molecule has 0 bridgehead atoms. The number of thioether (sulfide) groups is 1. The molecule has 1 heterocycles. The number of hydrogen-bond acceptors (Lipinski definition) is 8. The standard InChI is InChI=1S/C40H53N3O7S2/c1-6-8-20-40(21-9-7-2)26-43(30-18-14-11-15-19-30)32-23-34(51-5)33(24-35(32)52(48,49)27-40)50-25-36(44)42-37(29-16-12-10-13-17-29)38(45)41-31(39(46)47)22-28(3)4/h10-19,23-24,28,31,37H,6-9,20-22,25-27H2,1-5H3,(H,41,45)(H,42,44)(H,46,47)/t31-,37+/m0/s1. The third-order valence-electron chi connectivity index (χ3n) is 9.43. The Bertz CT molecular complexity index is 1760. The zero-order chi connectivity index (χ0) is 37.9. The maximum absolute atomic E-state index is 14.4. The van der Waals surface area contributed by atoms with Crippen LogP contribution in [0, 0.1) is 11.3 Å². The minimum atomic E-state index is -3.80. The minimum Gasteiger partial charge on any atom is -0.483 e. The van der Waals surface area contributed by atoms with Crippen LogP contribution < -0.4 is 20.3 Å². The Morgan fingerprint density at radius 1 is 0.942 bits per heavy atom. The van der Waals surface area contributed by atoms with Gasteiger partial charge in [0.15, 0.2) is 16.4 Å². The number of nitrogens with one attached hydrogen (secondary N) is 2. The van der Waals surface area contributed by atoms with E-state index in [-0.39, 0.29) is 28.7 Å². The van der Waals surface area contributed by atoms with Crippen molar-refractivity contribution in [2.45, 2.75) is 94.5 Å². The Labute approximate surface area is 313 Å². The van der Waals surface area contributed by atoms with Crippen molar-refractivity contribution in [2.75, 3.05) is 30.1 Å². The summed E-state index contributed by atoms with van der Waals surface area (Å²) in [6.07, 6.45) is 7.45. The normalized spacial score (nSPS) is 15.9. The number of anilines is 2. The van der Waals surface area contributed by atoms with Gasteiger partial charge in [-0.3, -0.25) is 9.59 Å². The maximum atomic E-state index is 14.4. The fraction of sp³-hybridized carbons (Fsp3) is 0.475. The van der Waals surface area contributed by atoms with Gasteiger partial charge >= 0.3 is 5.97 Å². The Kier molecular flexibility index (Phi) is 14.6. The molecule has 0 aromatic heterocycles. The van der Waals surface area contributed by atoms with Gasteiger partial charge in [-0.1, -0.05) is 102 Å². The highest BCUT2D eigenvalue weighted by atomic mass is 32.2. The summed E-state index contributed by atoms with van der Waals surface area (Å²) >= 11 is 1.38. The molecule has 0 fully saturated rings. The molecule has 0 radical (unpaired) electrons. The first kappa shape index (κ1) is 40.7. The van der Waals surface area contributed by atoms with E-state index in [9.17, 15) is 27.9 Å². The number of aliphatic carboxylic acids is 1. The number of carboxylic acids is 1. The lowest BCUT2D eigenvalue weighted by Crippen LogP contribution is -2.48. The zero-order valence-electron chi connectivity index (χ0n) is 30.9. The van der Waals surface area contributed by atoms with Gasteiger partial charge in [-0.15, -0.1) is 11.8 Å². The van der Waals surface area contributed by atoms with Gasteiger partial charge in [0.2, 0.25) is 5.91 Å². The summed E-state index contributed by atoms with van der Waals surface area (Å²) < 4.78 is 34.9. The highest BCUT2D eigenvalue weighted by molar-refractivity contribution is 7.98. The van der Waals surface area contributed by atoms with E-state index in [1.165, 1.54) is 11.8 Å². The first-order valence-electron chi connectivity index (χ1n) is 18.1. The molecule has 3 aromatic rings. The van der Waals surface area contributed by atoms with Crippen LogP contribution in [-0.4, -0.2) is 62.5 Å². The summed E-state index contributed by atoms with van der Waals surface area (Å²) in [6.45, 7) is 8.03. The van der Waals surface area contributed by atoms with Crippen LogP contribution >= 0.6 is 11.8 Å². The van der Waals surface area contributed by atoms with E-state index in [1.807, 2.05) is 56.5 Å². The first-order chi connectivity index (χ1) is 24.8. The van der Waals surface area contributed by atoms with Gasteiger partial charge < -0.3 is 25.4 Å². The highest BCUT2D eigenvalue weighted by Crippen LogP contribution is 2.47. The highest BCUT2D eigenvalue weighted by Gasteiger charge is 2.42. The molecular formula is C40H53N3O7S2.